The van der Waals surface area contributed by atoms with Gasteiger partial charge in [0, 0.05) is 22.2 Å². The smallest absolute Gasteiger partial charge is 0.289 e. The molecule has 132 valence electrons. The molecule has 1 aliphatic rings. The van der Waals surface area contributed by atoms with Gasteiger partial charge in [0.05, 0.1) is 11.0 Å². The predicted octanol–water partition coefficient (Wildman–Crippen LogP) is 1.42. The molecule has 26 heavy (non-hydrogen) atoms. The van der Waals surface area contributed by atoms with Crippen LogP contribution in [0.2, 0.25) is 0 Å². The third-order valence-electron chi connectivity index (χ3n) is 4.43. The fourth-order valence-corrected chi connectivity index (χ4v) is 3.41. The minimum Gasteiger partial charge on any atom is -0.612 e. The van der Waals surface area contributed by atoms with Crippen LogP contribution in [0.25, 0.3) is 10.9 Å². The summed E-state index contributed by atoms with van der Waals surface area (Å²) in [6.45, 7) is 1.72. The van der Waals surface area contributed by atoms with E-state index in [1.807, 2.05) is 0 Å². The number of hydrogen-bond acceptors (Lipinski definition) is 6. The van der Waals surface area contributed by atoms with Crippen LogP contribution in [0.3, 0.4) is 0 Å². The Kier molecular flexibility index (Phi) is 3.19. The highest BCUT2D eigenvalue weighted by molar-refractivity contribution is 6.06. The summed E-state index contributed by atoms with van der Waals surface area (Å²) in [7, 11) is 0. The van der Waals surface area contributed by atoms with Gasteiger partial charge in [-0.25, -0.2) is 0 Å². The lowest BCUT2D eigenvalue weighted by Crippen LogP contribution is -2.31. The zero-order valence-corrected chi connectivity index (χ0v) is 13.3. The molecular formula is C15H11N5O6. The minimum atomic E-state index is -1.13. The molecule has 2 aromatic heterocycles. The van der Waals surface area contributed by atoms with Gasteiger partial charge in [0.2, 0.25) is 0 Å². The highest BCUT2D eigenvalue weighted by Gasteiger charge is 2.48. The topological polar surface area (TPSA) is 160 Å². The second-order valence-electron chi connectivity index (χ2n) is 5.82. The summed E-state index contributed by atoms with van der Waals surface area (Å²) >= 11 is 0. The molecule has 2 N–H and O–H groups in total. The van der Waals surface area contributed by atoms with Crippen molar-refractivity contribution in [2.45, 2.75) is 12.8 Å². The molecule has 11 heteroatoms. The van der Waals surface area contributed by atoms with Crippen LogP contribution in [-0.2, 0) is 0 Å². The van der Waals surface area contributed by atoms with Crippen LogP contribution >= 0.6 is 0 Å². The lowest BCUT2D eigenvalue weighted by molar-refractivity contribution is -0.720. The fraction of sp³-hybridized carbons (Fsp3) is 0.133. The van der Waals surface area contributed by atoms with Crippen molar-refractivity contribution in [2.24, 2.45) is 0 Å². The van der Waals surface area contributed by atoms with Gasteiger partial charge in [-0.3, -0.25) is 10.1 Å². The number of fused-ring (bicyclic) bond motifs is 2. The number of aromatic amines is 2. The van der Waals surface area contributed by atoms with Crippen molar-refractivity contribution in [3.63, 3.8) is 0 Å². The summed E-state index contributed by atoms with van der Waals surface area (Å²) in [5.41, 5.74) is 0.352. The molecule has 0 aliphatic heterocycles. The molecule has 4 rings (SSSR count). The van der Waals surface area contributed by atoms with Crippen molar-refractivity contribution in [3.8, 4) is 0 Å². The zero-order valence-electron chi connectivity index (χ0n) is 13.3. The van der Waals surface area contributed by atoms with Crippen molar-refractivity contribution < 1.29 is 19.1 Å². The van der Waals surface area contributed by atoms with E-state index >= 15 is 0 Å². The van der Waals surface area contributed by atoms with Gasteiger partial charge >= 0.3 is 0 Å². The fourth-order valence-electron chi connectivity index (χ4n) is 3.41. The molecule has 11 nitrogen and oxygen atoms in total. The Labute approximate surface area is 143 Å². The number of allylic oxidation sites excluding steroid dienone is 2. The SMILES string of the molecule is Cc1[nH]c2ccccc2c1C1C([N+](=O)[O-])=CC(=[N+]([O-])[O-])c2[nH]o[n+](=O)c21. The maximum Gasteiger partial charge on any atom is 0.289 e. The third kappa shape index (κ3) is 2.03. The van der Waals surface area contributed by atoms with Crippen molar-refractivity contribution >= 4 is 16.6 Å². The number of aromatic nitrogens is 3. The van der Waals surface area contributed by atoms with Crippen LogP contribution in [0.4, 0.5) is 0 Å². The van der Waals surface area contributed by atoms with E-state index in [2.05, 4.69) is 14.8 Å². The first-order valence-electron chi connectivity index (χ1n) is 7.49. The second-order valence-corrected chi connectivity index (χ2v) is 5.82. The molecule has 1 aliphatic carbocycles. The van der Waals surface area contributed by atoms with E-state index in [1.54, 1.807) is 31.2 Å². The summed E-state index contributed by atoms with van der Waals surface area (Å²) < 4.78 is 4.69. The molecule has 1 unspecified atom stereocenters. The number of para-hydroxylation sites is 1. The number of hydrogen-bond donors (Lipinski definition) is 2. The predicted molar refractivity (Wildman–Crippen MR) is 87.5 cm³/mol. The minimum absolute atomic E-state index is 0.0429. The van der Waals surface area contributed by atoms with Crippen LogP contribution in [0.1, 0.15) is 28.6 Å². The van der Waals surface area contributed by atoms with Gasteiger partial charge in [0.1, 0.15) is 0 Å². The summed E-state index contributed by atoms with van der Waals surface area (Å²) in [5.74, 6) is -1.13. The molecule has 0 saturated heterocycles. The Morgan fingerprint density at radius 1 is 1.23 bits per heavy atom. The van der Waals surface area contributed by atoms with Gasteiger partial charge < -0.3 is 15.4 Å². The molecule has 0 saturated carbocycles. The number of nitro groups is 1. The van der Waals surface area contributed by atoms with E-state index < -0.39 is 27.2 Å². The van der Waals surface area contributed by atoms with E-state index in [0.29, 0.717) is 16.6 Å². The largest absolute Gasteiger partial charge is 0.612 e. The van der Waals surface area contributed by atoms with E-state index in [4.69, 9.17) is 0 Å². The molecule has 0 spiro atoms. The van der Waals surface area contributed by atoms with Gasteiger partial charge in [-0.1, -0.05) is 28.0 Å². The van der Waals surface area contributed by atoms with E-state index in [9.17, 15) is 25.4 Å². The Bertz CT molecular complexity index is 1180. The number of aryl methyl sites for hydroxylation is 1. The number of nitrogens with zero attached hydrogens (tertiary/aromatic N) is 3. The Balaban J connectivity index is 2.12. The Morgan fingerprint density at radius 2 is 1.96 bits per heavy atom. The third-order valence-corrected chi connectivity index (χ3v) is 4.43. The lowest BCUT2D eigenvalue weighted by Gasteiger charge is -2.15. The number of H-pyrrole nitrogens is 2. The molecule has 0 bridgehead atoms. The van der Waals surface area contributed by atoms with E-state index in [1.165, 1.54) is 0 Å². The van der Waals surface area contributed by atoms with E-state index in [0.717, 1.165) is 11.6 Å². The number of rotatable bonds is 2. The van der Waals surface area contributed by atoms with Crippen molar-refractivity contribution in [1.29, 1.82) is 0 Å². The standard InChI is InChI=1S/C15H11N5O6/c1-7-12(8-4-2-3-5-9(8)16-7)13-10(18(21)22)6-11(19(23)24)14-15(13)20(25)26-17-14/h2-6,13,16-17H,1H3. The molecule has 3 aromatic rings. The second kappa shape index (κ2) is 5.31. The first-order valence-corrected chi connectivity index (χ1v) is 7.49. The first kappa shape index (κ1) is 15.6. The maximum atomic E-state index is 12.2. The number of nitrogens with one attached hydrogen (secondary N) is 2. The lowest BCUT2D eigenvalue weighted by atomic mass is 9.84. The van der Waals surface area contributed by atoms with Crippen LogP contribution in [0.15, 0.2) is 40.7 Å². The zero-order chi connectivity index (χ0) is 18.6. The molecular weight excluding hydrogens is 346 g/mol. The monoisotopic (exact) mass is 357 g/mol. The summed E-state index contributed by atoms with van der Waals surface area (Å²) in [6, 6.07) is 7.12. The quantitative estimate of drug-likeness (QED) is 0.400. The Morgan fingerprint density at radius 3 is 2.65 bits per heavy atom. The normalized spacial score (nSPS) is 16.4. The average molecular weight is 357 g/mol. The van der Waals surface area contributed by atoms with Crippen LogP contribution in [0.5, 0.6) is 0 Å². The average Bonchev–Trinajstić information content (AvgIpc) is 3.13. The van der Waals surface area contributed by atoms with Crippen LogP contribution in [-0.4, -0.2) is 25.7 Å². The van der Waals surface area contributed by atoms with Gasteiger partial charge in [0.25, 0.3) is 22.8 Å². The van der Waals surface area contributed by atoms with E-state index in [-0.39, 0.29) is 16.0 Å². The molecule has 2 heterocycles. The van der Waals surface area contributed by atoms with Gasteiger partial charge in [0.15, 0.2) is 10.5 Å². The summed E-state index contributed by atoms with van der Waals surface area (Å²) in [4.78, 5) is 25.4. The molecule has 0 radical (unpaired) electrons. The van der Waals surface area contributed by atoms with Crippen LogP contribution < -0.4 is 4.60 Å². The van der Waals surface area contributed by atoms with Gasteiger partial charge in [-0.2, -0.15) is 4.90 Å². The van der Waals surface area contributed by atoms with Crippen LogP contribution in [0, 0.1) is 32.4 Å². The van der Waals surface area contributed by atoms with Gasteiger partial charge in [-0.05, 0) is 17.9 Å². The van der Waals surface area contributed by atoms with Crippen molar-refractivity contribution in [3.05, 3.63) is 84.1 Å². The first-order chi connectivity index (χ1) is 12.4. The molecule has 0 fully saturated rings. The molecule has 1 aromatic carbocycles. The van der Waals surface area contributed by atoms with Gasteiger partial charge in [-0.15, -0.1) is 0 Å². The highest BCUT2D eigenvalue weighted by atomic mass is 16.8. The summed E-state index contributed by atoms with van der Waals surface area (Å²) in [5, 5.41) is 37.1. The summed E-state index contributed by atoms with van der Waals surface area (Å²) in [6.07, 6.45) is 0.861. The van der Waals surface area contributed by atoms with Crippen molar-refractivity contribution in [2.75, 3.05) is 0 Å². The molecule has 0 amide bonds. The molecule has 1 atom stereocenters. The Hall–Kier alpha value is -3.89. The van der Waals surface area contributed by atoms with Crippen molar-refractivity contribution in [1.82, 2.24) is 10.1 Å². The number of benzene rings is 1. The highest BCUT2D eigenvalue weighted by Crippen LogP contribution is 2.40. The maximum absolute atomic E-state index is 12.2.